The number of carbonyl (C=O) groups is 1. The van der Waals surface area contributed by atoms with E-state index in [1.54, 1.807) is 6.07 Å². The largest absolute Gasteiger partial charge is 0.507 e. The third kappa shape index (κ3) is 5.20. The van der Waals surface area contributed by atoms with Crippen molar-refractivity contribution in [1.82, 2.24) is 0 Å². The molecular formula is C15H11I4NO4. The van der Waals surface area contributed by atoms with Crippen LogP contribution in [0.5, 0.6) is 17.2 Å². The van der Waals surface area contributed by atoms with Crippen LogP contribution in [0.2, 0.25) is 0 Å². The molecule has 9 heteroatoms. The zero-order valence-electron chi connectivity index (χ0n) is 11.9. The molecule has 0 aromatic heterocycles. The molecule has 0 saturated heterocycles. The highest BCUT2D eigenvalue weighted by molar-refractivity contribution is 14.1. The van der Waals surface area contributed by atoms with Gasteiger partial charge < -0.3 is 20.7 Å². The van der Waals surface area contributed by atoms with Crippen LogP contribution in [0.15, 0.2) is 24.3 Å². The first-order valence-corrected chi connectivity index (χ1v) is 10.8. The van der Waals surface area contributed by atoms with Crippen molar-refractivity contribution in [1.29, 1.82) is 0 Å². The molecule has 0 aliphatic rings. The molecule has 128 valence electrons. The Kier molecular flexibility index (Phi) is 7.64. The first kappa shape index (κ1) is 20.7. The Labute approximate surface area is 193 Å². The molecule has 0 aliphatic carbocycles. The molecule has 0 spiro atoms. The van der Waals surface area contributed by atoms with Crippen molar-refractivity contribution in [3.05, 3.63) is 44.1 Å². The van der Waals surface area contributed by atoms with Crippen molar-refractivity contribution >= 4 is 96.3 Å². The van der Waals surface area contributed by atoms with Crippen molar-refractivity contribution in [3.63, 3.8) is 0 Å². The van der Waals surface area contributed by atoms with Crippen molar-refractivity contribution in [2.45, 2.75) is 12.5 Å². The molecule has 24 heavy (non-hydrogen) atoms. The summed E-state index contributed by atoms with van der Waals surface area (Å²) < 4.78 is 9.32. The second-order valence-corrected chi connectivity index (χ2v) is 9.52. The molecule has 0 bridgehead atoms. The third-order valence-electron chi connectivity index (χ3n) is 3.04. The quantitative estimate of drug-likeness (QED) is 0.388. The van der Waals surface area contributed by atoms with Gasteiger partial charge in [-0.05, 0) is 121 Å². The number of benzene rings is 2. The number of hydrogen-bond donors (Lipinski definition) is 3. The predicted octanol–water partition coefficient (Wildman–Crippen LogP) is 4.56. The lowest BCUT2D eigenvalue weighted by atomic mass is 10.1. The van der Waals surface area contributed by atoms with E-state index in [-0.39, 0.29) is 12.2 Å². The molecule has 0 unspecified atom stereocenters. The third-order valence-corrected chi connectivity index (χ3v) is 6.35. The van der Waals surface area contributed by atoms with E-state index < -0.39 is 12.0 Å². The van der Waals surface area contributed by atoms with Crippen molar-refractivity contribution in [2.75, 3.05) is 0 Å². The summed E-state index contributed by atoms with van der Waals surface area (Å²) in [4.78, 5) is 10.9. The number of nitrogens with two attached hydrogens (primary N) is 1. The number of phenols is 1. The summed E-state index contributed by atoms with van der Waals surface area (Å²) in [7, 11) is 0. The Morgan fingerprint density at radius 1 is 1.04 bits per heavy atom. The summed E-state index contributed by atoms with van der Waals surface area (Å²) >= 11 is 8.50. The summed E-state index contributed by atoms with van der Waals surface area (Å²) in [5.74, 6) is 0.381. The Bertz CT molecular complexity index is 774. The standard InChI is InChI=1S/C15H11I4NO4/c16-7-4-8(17)13(5-12(7)21)24-14-9(18)1-6(2-10(14)19)3-11(20)15(22)23/h1-2,4-5,11,21H,3,20H2,(H,22,23)/t11-/m0/s1. The lowest BCUT2D eigenvalue weighted by Gasteiger charge is -2.15. The van der Waals surface area contributed by atoms with Crippen LogP contribution >= 0.6 is 90.4 Å². The van der Waals surface area contributed by atoms with Crippen LogP contribution < -0.4 is 10.5 Å². The van der Waals surface area contributed by atoms with E-state index >= 15 is 0 Å². The van der Waals surface area contributed by atoms with E-state index in [1.165, 1.54) is 0 Å². The summed E-state index contributed by atoms with van der Waals surface area (Å²) in [5.41, 5.74) is 6.43. The molecule has 2 rings (SSSR count). The number of carboxylic acid groups (broad SMARTS) is 1. The van der Waals surface area contributed by atoms with Crippen LogP contribution in [0, 0.1) is 14.3 Å². The highest BCUT2D eigenvalue weighted by Gasteiger charge is 2.17. The fourth-order valence-corrected chi connectivity index (χ4v) is 5.63. The minimum atomic E-state index is -1.02. The molecule has 4 N–H and O–H groups in total. The fourth-order valence-electron chi connectivity index (χ4n) is 1.88. The van der Waals surface area contributed by atoms with E-state index in [0.717, 1.165) is 19.8 Å². The van der Waals surface area contributed by atoms with Crippen molar-refractivity contribution in [3.8, 4) is 17.2 Å². The fraction of sp³-hybridized carbons (Fsp3) is 0.133. The van der Waals surface area contributed by atoms with E-state index in [9.17, 15) is 9.90 Å². The molecule has 0 fully saturated rings. The summed E-state index contributed by atoms with van der Waals surface area (Å²) in [6, 6.07) is 6.22. The van der Waals surface area contributed by atoms with Gasteiger partial charge in [-0.2, -0.15) is 0 Å². The van der Waals surface area contributed by atoms with Gasteiger partial charge in [0.1, 0.15) is 17.5 Å². The number of ether oxygens (including phenoxy) is 1. The number of halogens is 4. The number of rotatable bonds is 5. The van der Waals surface area contributed by atoms with Crippen LogP contribution in [0.25, 0.3) is 0 Å². The number of carboxylic acids is 1. The van der Waals surface area contributed by atoms with E-state index in [4.69, 9.17) is 15.6 Å². The Balaban J connectivity index is 2.32. The zero-order chi connectivity index (χ0) is 18.0. The number of aliphatic carboxylic acids is 1. The van der Waals surface area contributed by atoms with Crippen LogP contribution in [0.4, 0.5) is 0 Å². The first-order chi connectivity index (χ1) is 11.2. The maximum atomic E-state index is 10.9. The average molecular weight is 777 g/mol. The van der Waals surface area contributed by atoms with Gasteiger partial charge in [-0.3, -0.25) is 4.79 Å². The molecule has 0 radical (unpaired) electrons. The van der Waals surface area contributed by atoms with Gasteiger partial charge >= 0.3 is 5.97 Å². The molecule has 1 atom stereocenters. The summed E-state index contributed by atoms with van der Waals surface area (Å²) in [6.45, 7) is 0. The van der Waals surface area contributed by atoms with Crippen LogP contribution in [-0.2, 0) is 11.2 Å². The van der Waals surface area contributed by atoms with E-state index in [2.05, 4.69) is 90.4 Å². The maximum Gasteiger partial charge on any atom is 0.320 e. The molecule has 0 aliphatic heterocycles. The van der Waals surface area contributed by atoms with Gasteiger partial charge in [-0.15, -0.1) is 0 Å². The van der Waals surface area contributed by atoms with Crippen molar-refractivity contribution in [2.24, 2.45) is 5.73 Å². The zero-order valence-corrected chi connectivity index (χ0v) is 20.5. The molecule has 0 heterocycles. The summed E-state index contributed by atoms with van der Waals surface area (Å²) in [5, 5.41) is 18.8. The van der Waals surface area contributed by atoms with Crippen LogP contribution in [0.3, 0.4) is 0 Å². The maximum absolute atomic E-state index is 10.9. The lowest BCUT2D eigenvalue weighted by molar-refractivity contribution is -0.138. The van der Waals surface area contributed by atoms with Gasteiger partial charge in [0.05, 0.1) is 14.3 Å². The topological polar surface area (TPSA) is 92.8 Å². The predicted molar refractivity (Wildman–Crippen MR) is 125 cm³/mol. The van der Waals surface area contributed by atoms with Gasteiger partial charge in [0.25, 0.3) is 0 Å². The van der Waals surface area contributed by atoms with Gasteiger partial charge in [0.15, 0.2) is 5.75 Å². The molecule has 2 aromatic carbocycles. The number of aromatic hydroxyl groups is 1. The van der Waals surface area contributed by atoms with Gasteiger partial charge in [0, 0.05) is 6.07 Å². The van der Waals surface area contributed by atoms with E-state index in [0.29, 0.717) is 11.5 Å². The highest BCUT2D eigenvalue weighted by atomic mass is 127. The minimum absolute atomic E-state index is 0.167. The SMILES string of the molecule is N[C@@H](Cc1cc(I)c(Oc2cc(O)c(I)cc2I)c(I)c1)C(=O)O. The van der Waals surface area contributed by atoms with Crippen molar-refractivity contribution < 1.29 is 19.7 Å². The molecule has 0 amide bonds. The van der Waals surface area contributed by atoms with Gasteiger partial charge in [-0.25, -0.2) is 0 Å². The second kappa shape index (κ2) is 8.85. The Morgan fingerprint density at radius 2 is 1.62 bits per heavy atom. The van der Waals surface area contributed by atoms with Crippen LogP contribution in [0.1, 0.15) is 5.56 Å². The lowest BCUT2D eigenvalue weighted by Crippen LogP contribution is -2.32. The number of phenolic OH excluding ortho intramolecular Hbond substituents is 1. The highest BCUT2D eigenvalue weighted by Crippen LogP contribution is 2.37. The molecular weight excluding hydrogens is 766 g/mol. The Morgan fingerprint density at radius 3 is 2.17 bits per heavy atom. The van der Waals surface area contributed by atoms with E-state index in [1.807, 2.05) is 18.2 Å². The normalized spacial score (nSPS) is 12.0. The minimum Gasteiger partial charge on any atom is -0.507 e. The van der Waals surface area contributed by atoms with Crippen LogP contribution in [-0.4, -0.2) is 22.2 Å². The monoisotopic (exact) mass is 777 g/mol. The Hall–Kier alpha value is 0.390. The molecule has 2 aromatic rings. The first-order valence-electron chi connectivity index (χ1n) is 6.51. The van der Waals surface area contributed by atoms with Gasteiger partial charge in [0.2, 0.25) is 0 Å². The smallest absolute Gasteiger partial charge is 0.320 e. The summed E-state index contributed by atoms with van der Waals surface area (Å²) in [6.07, 6.45) is 0.253. The van der Waals surface area contributed by atoms with Gasteiger partial charge in [-0.1, -0.05) is 0 Å². The second-order valence-electron chi connectivity index (χ2n) is 4.87. The molecule has 5 nitrogen and oxygen atoms in total. The average Bonchev–Trinajstić information content (AvgIpc) is 2.47. The molecule has 0 saturated carbocycles. The number of hydrogen-bond acceptors (Lipinski definition) is 4.